The molecule has 1 aromatic heterocycles. The second kappa shape index (κ2) is 10.9. The first-order valence-corrected chi connectivity index (χ1v) is 12.2. The predicted octanol–water partition coefficient (Wildman–Crippen LogP) is 6.35. The second-order valence-corrected chi connectivity index (χ2v) is 9.58. The summed E-state index contributed by atoms with van der Waals surface area (Å²) in [5.74, 6) is 0.454. The fourth-order valence-corrected chi connectivity index (χ4v) is 5.21. The topological polar surface area (TPSA) is 89.0 Å². The van der Waals surface area contributed by atoms with Crippen molar-refractivity contribution >= 4 is 72.7 Å². The van der Waals surface area contributed by atoms with Crippen LogP contribution in [0.15, 0.2) is 70.2 Å². The summed E-state index contributed by atoms with van der Waals surface area (Å²) >= 11 is 11.2. The van der Waals surface area contributed by atoms with E-state index in [9.17, 15) is 9.59 Å². The first kappa shape index (κ1) is 24.7. The van der Waals surface area contributed by atoms with E-state index in [0.717, 1.165) is 20.1 Å². The summed E-state index contributed by atoms with van der Waals surface area (Å²) < 4.78 is 12.3. The third-order valence-corrected chi connectivity index (χ3v) is 7.14. The van der Waals surface area contributed by atoms with Gasteiger partial charge in [0, 0.05) is 25.8 Å². The Bertz CT molecular complexity index is 1440. The van der Waals surface area contributed by atoms with Crippen molar-refractivity contribution in [3.05, 3.63) is 86.2 Å². The van der Waals surface area contributed by atoms with E-state index in [1.807, 2.05) is 18.2 Å². The largest absolute Gasteiger partial charge is 0.493 e. The van der Waals surface area contributed by atoms with Crippen LogP contribution in [0.5, 0.6) is 11.5 Å². The highest BCUT2D eigenvalue weighted by atomic mass is 79.9. The molecule has 4 rings (SSSR count). The van der Waals surface area contributed by atoms with Crippen molar-refractivity contribution in [1.29, 1.82) is 0 Å². The van der Waals surface area contributed by atoms with E-state index < -0.39 is 5.91 Å². The number of thiophene rings is 1. The highest BCUT2D eigenvalue weighted by Gasteiger charge is 2.17. The van der Waals surface area contributed by atoms with Crippen LogP contribution in [0.25, 0.3) is 10.1 Å². The Morgan fingerprint density at radius 1 is 0.971 bits per heavy atom. The Balaban J connectivity index is 1.39. The van der Waals surface area contributed by atoms with Gasteiger partial charge < -0.3 is 14.8 Å². The fourth-order valence-electron chi connectivity index (χ4n) is 3.24. The van der Waals surface area contributed by atoms with Crippen LogP contribution < -0.4 is 20.2 Å². The molecule has 2 N–H and O–H groups in total. The van der Waals surface area contributed by atoms with Crippen molar-refractivity contribution < 1.29 is 19.1 Å². The second-order valence-electron chi connectivity index (χ2n) is 7.23. The lowest BCUT2D eigenvalue weighted by Crippen LogP contribution is -2.17. The van der Waals surface area contributed by atoms with E-state index in [1.165, 1.54) is 17.6 Å². The zero-order chi connectivity index (χ0) is 24.9. The zero-order valence-electron chi connectivity index (χ0n) is 18.6. The van der Waals surface area contributed by atoms with Gasteiger partial charge in [-0.2, -0.15) is 5.10 Å². The van der Waals surface area contributed by atoms with Gasteiger partial charge in [0.25, 0.3) is 11.8 Å². The number of hydrogen-bond acceptors (Lipinski definition) is 6. The number of methoxy groups -OCH3 is 2. The Labute approximate surface area is 218 Å². The lowest BCUT2D eigenvalue weighted by Gasteiger charge is -2.07. The van der Waals surface area contributed by atoms with E-state index in [2.05, 4.69) is 31.8 Å². The van der Waals surface area contributed by atoms with E-state index in [4.69, 9.17) is 21.1 Å². The van der Waals surface area contributed by atoms with Crippen molar-refractivity contribution in [3.8, 4) is 11.5 Å². The van der Waals surface area contributed by atoms with Crippen molar-refractivity contribution in [2.45, 2.75) is 0 Å². The Morgan fingerprint density at radius 2 is 1.71 bits per heavy atom. The molecule has 7 nitrogen and oxygen atoms in total. The Kier molecular flexibility index (Phi) is 7.70. The monoisotopic (exact) mass is 571 g/mol. The normalized spacial score (nSPS) is 11.0. The Hall–Kier alpha value is -3.40. The summed E-state index contributed by atoms with van der Waals surface area (Å²) in [6.07, 6.45) is 1.50. The van der Waals surface area contributed by atoms with Crippen molar-refractivity contribution in [1.82, 2.24) is 5.43 Å². The number of halogens is 2. The maximum Gasteiger partial charge on any atom is 0.271 e. The van der Waals surface area contributed by atoms with Crippen LogP contribution in [-0.4, -0.2) is 32.2 Å². The lowest BCUT2D eigenvalue weighted by atomic mass is 10.2. The molecule has 0 fully saturated rings. The molecule has 10 heteroatoms. The van der Waals surface area contributed by atoms with Crippen LogP contribution in [-0.2, 0) is 0 Å². The highest BCUT2D eigenvalue weighted by molar-refractivity contribution is 9.10. The van der Waals surface area contributed by atoms with Crippen LogP contribution in [0, 0.1) is 0 Å². The molecule has 0 unspecified atom stereocenters. The molecule has 1 heterocycles. The molecule has 0 saturated carbocycles. The Morgan fingerprint density at radius 3 is 2.43 bits per heavy atom. The summed E-state index contributed by atoms with van der Waals surface area (Å²) in [4.78, 5) is 25.6. The summed E-state index contributed by atoms with van der Waals surface area (Å²) in [5, 5.41) is 8.05. The summed E-state index contributed by atoms with van der Waals surface area (Å²) in [5.41, 5.74) is 4.13. The number of anilines is 1. The average Bonchev–Trinajstić information content (AvgIpc) is 3.19. The van der Waals surface area contributed by atoms with Crippen LogP contribution in [0.3, 0.4) is 0 Å². The third kappa shape index (κ3) is 5.64. The minimum Gasteiger partial charge on any atom is -0.493 e. The molecule has 178 valence electrons. The molecule has 0 aliphatic carbocycles. The number of amides is 2. The molecular weight excluding hydrogens is 554 g/mol. The molecule has 0 atom stereocenters. The van der Waals surface area contributed by atoms with Gasteiger partial charge in [-0.15, -0.1) is 11.3 Å². The molecular formula is C25H19BrClN3O4S. The van der Waals surface area contributed by atoms with Crippen LogP contribution in [0.1, 0.15) is 25.6 Å². The molecule has 0 aliphatic rings. The standard InChI is InChI=1S/C25H19BrClN3O4S/c1-33-19-10-3-14(11-20(19)34-2)13-28-30-24(31)15-4-7-17(8-5-15)29-25(32)23-22(27)18-9-6-16(26)12-21(18)35-23/h3-13H,1-2H3,(H,29,32)(H,30,31)/b28-13-. The molecule has 2 amide bonds. The number of carbonyl (C=O) groups excluding carboxylic acids is 2. The predicted molar refractivity (Wildman–Crippen MR) is 144 cm³/mol. The van der Waals surface area contributed by atoms with Gasteiger partial charge in [-0.05, 0) is 60.2 Å². The van der Waals surface area contributed by atoms with Gasteiger partial charge in [-0.25, -0.2) is 5.43 Å². The van der Waals surface area contributed by atoms with Gasteiger partial charge in [0.1, 0.15) is 4.88 Å². The van der Waals surface area contributed by atoms with Crippen LogP contribution in [0.4, 0.5) is 5.69 Å². The van der Waals surface area contributed by atoms with Gasteiger partial charge in [0.05, 0.1) is 25.5 Å². The number of hydrogen-bond donors (Lipinski definition) is 2. The number of rotatable bonds is 7. The van der Waals surface area contributed by atoms with Gasteiger partial charge in [0.2, 0.25) is 0 Å². The molecule has 4 aromatic rings. The van der Waals surface area contributed by atoms with E-state index in [-0.39, 0.29) is 5.91 Å². The number of nitrogens with zero attached hydrogens (tertiary/aromatic N) is 1. The lowest BCUT2D eigenvalue weighted by molar-refractivity contribution is 0.0954. The number of nitrogens with one attached hydrogen (secondary N) is 2. The highest BCUT2D eigenvalue weighted by Crippen LogP contribution is 2.37. The quantitative estimate of drug-likeness (QED) is 0.199. The van der Waals surface area contributed by atoms with E-state index in [1.54, 1.807) is 56.7 Å². The maximum atomic E-state index is 12.8. The molecule has 0 radical (unpaired) electrons. The van der Waals surface area contributed by atoms with Crippen LogP contribution in [0.2, 0.25) is 5.02 Å². The van der Waals surface area contributed by atoms with Gasteiger partial charge in [-0.3, -0.25) is 9.59 Å². The number of fused-ring (bicyclic) bond motifs is 1. The van der Waals surface area contributed by atoms with Gasteiger partial charge >= 0.3 is 0 Å². The molecule has 0 spiro atoms. The van der Waals surface area contributed by atoms with Crippen LogP contribution >= 0.6 is 38.9 Å². The molecule has 0 aliphatic heterocycles. The average molecular weight is 573 g/mol. The first-order valence-electron chi connectivity index (χ1n) is 10.2. The van der Waals surface area contributed by atoms with Crippen molar-refractivity contribution in [2.24, 2.45) is 5.10 Å². The number of benzene rings is 3. The van der Waals surface area contributed by atoms with Crippen molar-refractivity contribution in [2.75, 3.05) is 19.5 Å². The van der Waals surface area contributed by atoms with E-state index >= 15 is 0 Å². The third-order valence-electron chi connectivity index (χ3n) is 4.99. The first-order chi connectivity index (χ1) is 16.9. The fraction of sp³-hybridized carbons (Fsp3) is 0.0800. The minimum atomic E-state index is -0.391. The zero-order valence-corrected chi connectivity index (χ0v) is 21.8. The number of carbonyl (C=O) groups is 2. The SMILES string of the molecule is COc1ccc(/C=N\NC(=O)c2ccc(NC(=O)c3sc4cc(Br)ccc4c3Cl)cc2)cc1OC. The smallest absolute Gasteiger partial charge is 0.271 e. The summed E-state index contributed by atoms with van der Waals surface area (Å²) in [6, 6.07) is 17.4. The van der Waals surface area contributed by atoms with E-state index in [0.29, 0.717) is 32.6 Å². The molecule has 3 aromatic carbocycles. The summed E-state index contributed by atoms with van der Waals surface area (Å²) in [6.45, 7) is 0. The van der Waals surface area contributed by atoms with Crippen molar-refractivity contribution in [3.63, 3.8) is 0 Å². The van der Waals surface area contributed by atoms with Gasteiger partial charge in [-0.1, -0.05) is 33.6 Å². The number of ether oxygens (including phenoxy) is 2. The number of hydrazone groups is 1. The maximum absolute atomic E-state index is 12.8. The minimum absolute atomic E-state index is 0.316. The van der Waals surface area contributed by atoms with Gasteiger partial charge in [0.15, 0.2) is 11.5 Å². The molecule has 35 heavy (non-hydrogen) atoms. The molecule has 0 saturated heterocycles. The molecule has 0 bridgehead atoms. The summed E-state index contributed by atoms with van der Waals surface area (Å²) in [7, 11) is 3.10.